The minimum atomic E-state index is -3.69. The second-order valence-corrected chi connectivity index (χ2v) is 9.17. The largest absolute Gasteiger partial charge is 0.348 e. The van der Waals surface area contributed by atoms with Crippen molar-refractivity contribution in [2.75, 3.05) is 6.54 Å². The Morgan fingerprint density at radius 2 is 2.04 bits per heavy atom. The zero-order valence-corrected chi connectivity index (χ0v) is 16.6. The van der Waals surface area contributed by atoms with Gasteiger partial charge in [-0.3, -0.25) is 9.48 Å². The van der Waals surface area contributed by atoms with Gasteiger partial charge in [0, 0.05) is 18.6 Å². The number of hydrogen-bond acceptors (Lipinski definition) is 5. The highest BCUT2D eigenvalue weighted by Crippen LogP contribution is 2.26. The molecule has 0 aliphatic carbocycles. The van der Waals surface area contributed by atoms with Crippen LogP contribution < -0.4 is 5.32 Å². The third-order valence-corrected chi connectivity index (χ3v) is 6.31. The first kappa shape index (κ1) is 20.4. The summed E-state index contributed by atoms with van der Waals surface area (Å²) in [6, 6.07) is 8.18. The van der Waals surface area contributed by atoms with E-state index in [1.807, 2.05) is 19.9 Å². The first-order valence-electron chi connectivity index (χ1n) is 9.13. The molecule has 0 bridgehead atoms. The maximum Gasteiger partial charge on any atom is 0.273 e. The molecule has 2 atom stereocenters. The Morgan fingerprint density at radius 3 is 2.71 bits per heavy atom. The molecule has 1 aromatic carbocycles. The van der Waals surface area contributed by atoms with E-state index in [0.717, 1.165) is 0 Å². The maximum atomic E-state index is 14.1. The standard InChI is InChI=1S/C18H24FN5O3S/c1-13(2)20-18(25)17-11-23(22-21-17)10-16-8-15(19)9-24(16)28(26,27)12-14-6-4-3-5-7-14/h3-7,11,13,15-16H,8-10,12H2,1-2H3,(H,20,25)/t15-,16-/m0/s1. The molecule has 0 radical (unpaired) electrons. The summed E-state index contributed by atoms with van der Waals surface area (Å²) < 4.78 is 42.3. The third-order valence-electron chi connectivity index (χ3n) is 4.45. The molecule has 1 aromatic heterocycles. The van der Waals surface area contributed by atoms with Gasteiger partial charge < -0.3 is 5.32 Å². The van der Waals surface area contributed by atoms with Crippen LogP contribution in [-0.2, 0) is 22.3 Å². The molecule has 0 spiro atoms. The average Bonchev–Trinajstić information content (AvgIpc) is 3.22. The number of amides is 1. The predicted octanol–water partition coefficient (Wildman–Crippen LogP) is 1.36. The lowest BCUT2D eigenvalue weighted by atomic mass is 10.2. The monoisotopic (exact) mass is 409 g/mol. The zero-order valence-electron chi connectivity index (χ0n) is 15.8. The number of carbonyl (C=O) groups is 1. The van der Waals surface area contributed by atoms with Gasteiger partial charge in [0.2, 0.25) is 10.0 Å². The van der Waals surface area contributed by atoms with Crippen LogP contribution in [-0.4, -0.2) is 58.4 Å². The topological polar surface area (TPSA) is 97.2 Å². The number of sulfonamides is 1. The summed E-state index contributed by atoms with van der Waals surface area (Å²) in [6.07, 6.45) is 0.301. The number of alkyl halides is 1. The van der Waals surface area contributed by atoms with Gasteiger partial charge in [-0.25, -0.2) is 12.8 Å². The second-order valence-electron chi connectivity index (χ2n) is 7.25. The molecule has 1 fully saturated rings. The summed E-state index contributed by atoms with van der Waals surface area (Å²) in [5, 5.41) is 10.4. The Balaban J connectivity index is 1.72. The molecule has 152 valence electrons. The molecule has 0 unspecified atom stereocenters. The first-order chi connectivity index (χ1) is 13.2. The molecule has 0 saturated carbocycles. The molecule has 1 aliphatic rings. The van der Waals surface area contributed by atoms with Crippen molar-refractivity contribution in [3.05, 3.63) is 47.8 Å². The second kappa shape index (κ2) is 8.36. The highest BCUT2D eigenvalue weighted by molar-refractivity contribution is 7.88. The van der Waals surface area contributed by atoms with Crippen LogP contribution in [0.1, 0.15) is 36.3 Å². The summed E-state index contributed by atoms with van der Waals surface area (Å²) >= 11 is 0. The van der Waals surface area contributed by atoms with E-state index in [1.54, 1.807) is 24.3 Å². The van der Waals surface area contributed by atoms with Crippen LogP contribution in [0.15, 0.2) is 36.5 Å². The SMILES string of the molecule is CC(C)NC(=O)c1cn(C[C@@H]2C[C@H](F)CN2S(=O)(=O)Cc2ccccc2)nn1. The first-order valence-corrected chi connectivity index (χ1v) is 10.7. The van der Waals surface area contributed by atoms with Crippen molar-refractivity contribution in [3.63, 3.8) is 0 Å². The summed E-state index contributed by atoms with van der Waals surface area (Å²) in [4.78, 5) is 12.0. The van der Waals surface area contributed by atoms with Gasteiger partial charge in [-0.05, 0) is 25.8 Å². The van der Waals surface area contributed by atoms with E-state index in [1.165, 1.54) is 15.2 Å². The van der Waals surface area contributed by atoms with E-state index >= 15 is 0 Å². The van der Waals surface area contributed by atoms with Gasteiger partial charge in [0.05, 0.1) is 18.5 Å². The quantitative estimate of drug-likeness (QED) is 0.745. The fraction of sp³-hybridized carbons (Fsp3) is 0.500. The van der Waals surface area contributed by atoms with Crippen LogP contribution in [0.3, 0.4) is 0 Å². The lowest BCUT2D eigenvalue weighted by Gasteiger charge is -2.23. The fourth-order valence-corrected chi connectivity index (χ4v) is 5.02. The summed E-state index contributed by atoms with van der Waals surface area (Å²) in [5.41, 5.74) is 0.791. The van der Waals surface area contributed by atoms with Crippen molar-refractivity contribution in [1.29, 1.82) is 0 Å². The molecule has 2 aromatic rings. The van der Waals surface area contributed by atoms with Crippen LogP contribution in [0.25, 0.3) is 0 Å². The summed E-state index contributed by atoms with van der Waals surface area (Å²) in [7, 11) is -3.69. The summed E-state index contributed by atoms with van der Waals surface area (Å²) in [5.74, 6) is -0.541. The van der Waals surface area contributed by atoms with E-state index in [-0.39, 0.29) is 42.9 Å². The van der Waals surface area contributed by atoms with Gasteiger partial charge in [0.15, 0.2) is 5.69 Å². The van der Waals surface area contributed by atoms with E-state index in [9.17, 15) is 17.6 Å². The van der Waals surface area contributed by atoms with Crippen molar-refractivity contribution in [1.82, 2.24) is 24.6 Å². The van der Waals surface area contributed by atoms with E-state index in [0.29, 0.717) is 5.56 Å². The number of rotatable bonds is 7. The predicted molar refractivity (Wildman–Crippen MR) is 102 cm³/mol. The van der Waals surface area contributed by atoms with Crippen molar-refractivity contribution in [2.24, 2.45) is 0 Å². The molecule has 3 rings (SSSR count). The number of nitrogens with one attached hydrogen (secondary N) is 1. The minimum absolute atomic E-state index is 0.0431. The van der Waals surface area contributed by atoms with Crippen molar-refractivity contribution in [3.8, 4) is 0 Å². The molecule has 28 heavy (non-hydrogen) atoms. The molecule has 2 heterocycles. The Kier molecular flexibility index (Phi) is 6.09. The molecule has 1 amide bonds. The van der Waals surface area contributed by atoms with E-state index in [2.05, 4.69) is 15.6 Å². The number of halogens is 1. The molecular weight excluding hydrogens is 385 g/mol. The van der Waals surface area contributed by atoms with Crippen molar-refractivity contribution >= 4 is 15.9 Å². The number of nitrogens with zero attached hydrogens (tertiary/aromatic N) is 4. The number of aromatic nitrogens is 3. The smallest absolute Gasteiger partial charge is 0.273 e. The van der Waals surface area contributed by atoms with Gasteiger partial charge in [0.25, 0.3) is 5.91 Å². The van der Waals surface area contributed by atoms with Gasteiger partial charge in [0.1, 0.15) is 6.17 Å². The highest BCUT2D eigenvalue weighted by Gasteiger charge is 2.40. The summed E-state index contributed by atoms with van der Waals surface area (Å²) in [6.45, 7) is 3.63. The lowest BCUT2D eigenvalue weighted by Crippen LogP contribution is -2.39. The number of benzene rings is 1. The fourth-order valence-electron chi connectivity index (χ4n) is 3.25. The maximum absolute atomic E-state index is 14.1. The van der Waals surface area contributed by atoms with E-state index in [4.69, 9.17) is 0 Å². The van der Waals surface area contributed by atoms with Crippen LogP contribution in [0, 0.1) is 0 Å². The van der Waals surface area contributed by atoms with Crippen molar-refractivity contribution < 1.29 is 17.6 Å². The molecule has 1 saturated heterocycles. The normalized spacial score (nSPS) is 20.6. The van der Waals surface area contributed by atoms with Crippen LogP contribution in [0.2, 0.25) is 0 Å². The van der Waals surface area contributed by atoms with Crippen LogP contribution >= 0.6 is 0 Å². The minimum Gasteiger partial charge on any atom is -0.348 e. The van der Waals surface area contributed by atoms with Crippen LogP contribution in [0.5, 0.6) is 0 Å². The highest BCUT2D eigenvalue weighted by atomic mass is 32.2. The van der Waals surface area contributed by atoms with Gasteiger partial charge in [-0.2, -0.15) is 4.31 Å². The molecule has 8 nitrogen and oxygen atoms in total. The van der Waals surface area contributed by atoms with Gasteiger partial charge in [-0.1, -0.05) is 35.5 Å². The Labute approximate surface area is 163 Å². The Morgan fingerprint density at radius 1 is 1.32 bits per heavy atom. The van der Waals surface area contributed by atoms with Gasteiger partial charge in [-0.15, -0.1) is 5.10 Å². The number of carbonyl (C=O) groups excluding carboxylic acids is 1. The molecule has 1 N–H and O–H groups in total. The van der Waals surface area contributed by atoms with E-state index < -0.39 is 22.2 Å². The average molecular weight is 409 g/mol. The third kappa shape index (κ3) is 4.93. The number of hydrogen-bond donors (Lipinski definition) is 1. The zero-order chi connectivity index (χ0) is 20.3. The lowest BCUT2D eigenvalue weighted by molar-refractivity contribution is 0.0938. The molecule has 1 aliphatic heterocycles. The Bertz CT molecular complexity index is 916. The molecule has 10 heteroatoms. The van der Waals surface area contributed by atoms with Crippen LogP contribution in [0.4, 0.5) is 4.39 Å². The Hall–Kier alpha value is -2.33. The van der Waals surface area contributed by atoms with Crippen molar-refractivity contribution in [2.45, 2.75) is 50.8 Å². The van der Waals surface area contributed by atoms with Gasteiger partial charge >= 0.3 is 0 Å². The molecular formula is C18H24FN5O3S.